The van der Waals surface area contributed by atoms with Gasteiger partial charge in [-0.05, 0) is 79.6 Å². The maximum absolute atomic E-state index is 13.6. The molecule has 8 heteroatoms. The second-order valence-electron chi connectivity index (χ2n) is 8.31. The third-order valence-electron chi connectivity index (χ3n) is 5.85. The van der Waals surface area contributed by atoms with Crippen LogP contribution in [0.25, 0.3) is 16.9 Å². The van der Waals surface area contributed by atoms with E-state index >= 15 is 0 Å². The van der Waals surface area contributed by atoms with Crippen molar-refractivity contribution >= 4 is 5.97 Å². The topological polar surface area (TPSA) is 40.5 Å². The molecule has 0 N–H and O–H groups in total. The van der Waals surface area contributed by atoms with Crippen LogP contribution in [0.2, 0.25) is 0 Å². The lowest BCUT2D eigenvalue weighted by Crippen LogP contribution is -2.08. The van der Waals surface area contributed by atoms with E-state index < -0.39 is 23.5 Å². The highest BCUT2D eigenvalue weighted by molar-refractivity contribution is 5.91. The highest BCUT2D eigenvalue weighted by Crippen LogP contribution is 2.39. The van der Waals surface area contributed by atoms with Crippen molar-refractivity contribution in [2.24, 2.45) is 0 Å². The Balaban J connectivity index is 1.83. The molecule has 0 aliphatic heterocycles. The molecule has 0 saturated heterocycles. The Bertz CT molecular complexity index is 1410. The lowest BCUT2D eigenvalue weighted by Gasteiger charge is -2.18. The van der Waals surface area contributed by atoms with Crippen LogP contribution in [0.4, 0.5) is 17.6 Å². The Kier molecular flexibility index (Phi) is 6.88. The van der Waals surface area contributed by atoms with Crippen LogP contribution in [0.3, 0.4) is 0 Å². The number of hydrogen-bond acceptors (Lipinski definition) is 3. The summed E-state index contributed by atoms with van der Waals surface area (Å²) in [4.78, 5) is 12.2. The summed E-state index contributed by atoms with van der Waals surface area (Å²) >= 11 is 0. The summed E-state index contributed by atoms with van der Waals surface area (Å²) in [7, 11) is 1.29. The van der Waals surface area contributed by atoms with Crippen molar-refractivity contribution < 1.29 is 31.8 Å². The predicted molar refractivity (Wildman–Crippen MR) is 128 cm³/mol. The van der Waals surface area contributed by atoms with Crippen LogP contribution < -0.4 is 4.74 Å². The standard InChI is InChI=1S/C28H23F4NO3/c1-17-4-11-22(15-23(17)27(34)35-3)33-18(2)5-12-25(33)24-14-20(28(30,31)32)8-13-26(24)36-16-19-6-9-21(29)10-7-19/h4-15H,16H2,1-3H3. The highest BCUT2D eigenvalue weighted by atomic mass is 19.4. The molecule has 0 fully saturated rings. The molecule has 0 saturated carbocycles. The van der Waals surface area contributed by atoms with Gasteiger partial charge in [0, 0.05) is 16.9 Å². The van der Waals surface area contributed by atoms with Gasteiger partial charge >= 0.3 is 12.1 Å². The van der Waals surface area contributed by atoms with Crippen LogP contribution in [0.1, 0.15) is 32.7 Å². The first-order valence-corrected chi connectivity index (χ1v) is 11.0. The minimum absolute atomic E-state index is 0.0371. The lowest BCUT2D eigenvalue weighted by atomic mass is 10.0. The molecule has 1 aromatic heterocycles. The number of esters is 1. The third-order valence-corrected chi connectivity index (χ3v) is 5.85. The average Bonchev–Trinajstić information content (AvgIpc) is 3.24. The molecular weight excluding hydrogens is 474 g/mol. The molecule has 4 rings (SSSR count). The predicted octanol–water partition coefficient (Wildman–Crippen LogP) is 7.28. The van der Waals surface area contributed by atoms with Crippen LogP contribution >= 0.6 is 0 Å². The molecule has 0 radical (unpaired) electrons. The molecule has 36 heavy (non-hydrogen) atoms. The molecule has 0 aliphatic carbocycles. The number of hydrogen-bond donors (Lipinski definition) is 0. The lowest BCUT2D eigenvalue weighted by molar-refractivity contribution is -0.137. The van der Waals surface area contributed by atoms with Crippen LogP contribution in [0.15, 0.2) is 72.8 Å². The number of halogens is 4. The quantitative estimate of drug-likeness (QED) is 0.208. The molecule has 0 atom stereocenters. The molecule has 0 spiro atoms. The third kappa shape index (κ3) is 5.12. The van der Waals surface area contributed by atoms with Gasteiger partial charge in [0.05, 0.1) is 23.9 Å². The van der Waals surface area contributed by atoms with Gasteiger partial charge in [0.15, 0.2) is 0 Å². The second kappa shape index (κ2) is 9.89. The van der Waals surface area contributed by atoms with Gasteiger partial charge in [0.25, 0.3) is 0 Å². The van der Waals surface area contributed by atoms with Crippen molar-refractivity contribution in [1.82, 2.24) is 4.57 Å². The molecule has 0 amide bonds. The van der Waals surface area contributed by atoms with Crippen molar-refractivity contribution in [3.8, 4) is 22.7 Å². The van der Waals surface area contributed by atoms with E-state index in [9.17, 15) is 22.4 Å². The zero-order valence-corrected chi connectivity index (χ0v) is 19.8. The van der Waals surface area contributed by atoms with Crippen molar-refractivity contribution in [3.63, 3.8) is 0 Å². The second-order valence-corrected chi connectivity index (χ2v) is 8.31. The van der Waals surface area contributed by atoms with Gasteiger partial charge in [-0.15, -0.1) is 0 Å². The van der Waals surface area contributed by atoms with Crippen molar-refractivity contribution in [1.29, 1.82) is 0 Å². The molecular formula is C28H23F4NO3. The van der Waals surface area contributed by atoms with E-state index in [2.05, 4.69) is 0 Å². The molecule has 4 nitrogen and oxygen atoms in total. The Morgan fingerprint density at radius 3 is 2.31 bits per heavy atom. The first-order valence-electron chi connectivity index (χ1n) is 11.0. The molecule has 3 aromatic carbocycles. The van der Waals surface area contributed by atoms with Crippen LogP contribution in [-0.4, -0.2) is 17.6 Å². The summed E-state index contributed by atoms with van der Waals surface area (Å²) in [5, 5.41) is 0. The largest absolute Gasteiger partial charge is 0.488 e. The number of benzene rings is 3. The molecule has 0 bridgehead atoms. The number of nitrogens with zero attached hydrogens (tertiary/aromatic N) is 1. The monoisotopic (exact) mass is 497 g/mol. The SMILES string of the molecule is COC(=O)c1cc(-n2c(C)ccc2-c2cc(C(F)(F)F)ccc2OCc2ccc(F)cc2)ccc1C. The minimum atomic E-state index is -4.56. The van der Waals surface area contributed by atoms with Crippen LogP contribution in [0, 0.1) is 19.7 Å². The maximum Gasteiger partial charge on any atom is 0.416 e. The number of methoxy groups -OCH3 is 1. The normalized spacial score (nSPS) is 11.4. The van der Waals surface area contributed by atoms with Crippen molar-refractivity contribution in [2.75, 3.05) is 7.11 Å². The fourth-order valence-electron chi connectivity index (χ4n) is 3.94. The van der Waals surface area contributed by atoms with Gasteiger partial charge in [-0.25, -0.2) is 9.18 Å². The van der Waals surface area contributed by atoms with Gasteiger partial charge in [-0.1, -0.05) is 18.2 Å². The first kappa shape index (κ1) is 25.0. The van der Waals surface area contributed by atoms with Crippen LogP contribution in [-0.2, 0) is 17.5 Å². The Hall–Kier alpha value is -4.07. The Morgan fingerprint density at radius 1 is 0.917 bits per heavy atom. The van der Waals surface area contributed by atoms with E-state index in [1.54, 1.807) is 54.0 Å². The molecule has 4 aromatic rings. The van der Waals surface area contributed by atoms with E-state index in [-0.39, 0.29) is 17.9 Å². The summed E-state index contributed by atoms with van der Waals surface area (Å²) in [6.45, 7) is 3.62. The van der Waals surface area contributed by atoms with Gasteiger partial charge in [-0.3, -0.25) is 0 Å². The number of aryl methyl sites for hydroxylation is 2. The number of carbonyl (C=O) groups is 1. The summed E-state index contributed by atoms with van der Waals surface area (Å²) < 4.78 is 66.7. The fourth-order valence-corrected chi connectivity index (χ4v) is 3.94. The Labute approximate surface area is 205 Å². The fraction of sp³-hybridized carbons (Fsp3) is 0.179. The average molecular weight is 497 g/mol. The molecule has 0 unspecified atom stereocenters. The molecule has 0 aliphatic rings. The molecule has 1 heterocycles. The number of aromatic nitrogens is 1. The van der Waals surface area contributed by atoms with Gasteiger partial charge in [0.2, 0.25) is 0 Å². The number of rotatable bonds is 6. The number of carbonyl (C=O) groups excluding carboxylic acids is 1. The van der Waals surface area contributed by atoms with Crippen LogP contribution in [0.5, 0.6) is 5.75 Å². The maximum atomic E-state index is 13.6. The zero-order chi connectivity index (χ0) is 26.0. The van der Waals surface area contributed by atoms with Crippen molar-refractivity contribution in [2.45, 2.75) is 26.6 Å². The zero-order valence-electron chi connectivity index (χ0n) is 19.8. The summed E-state index contributed by atoms with van der Waals surface area (Å²) in [6.07, 6.45) is -4.56. The highest BCUT2D eigenvalue weighted by Gasteiger charge is 2.32. The summed E-state index contributed by atoms with van der Waals surface area (Å²) in [6, 6.07) is 17.6. The smallest absolute Gasteiger partial charge is 0.416 e. The number of alkyl halides is 3. The summed E-state index contributed by atoms with van der Waals surface area (Å²) in [5.41, 5.74) is 2.90. The van der Waals surface area contributed by atoms with E-state index in [4.69, 9.17) is 9.47 Å². The molecule has 186 valence electrons. The van der Waals surface area contributed by atoms with Gasteiger partial charge < -0.3 is 14.0 Å². The van der Waals surface area contributed by atoms with E-state index in [1.807, 2.05) is 6.92 Å². The van der Waals surface area contributed by atoms with Gasteiger partial charge in [-0.2, -0.15) is 13.2 Å². The number of ether oxygens (including phenoxy) is 2. The Morgan fingerprint density at radius 2 is 1.64 bits per heavy atom. The van der Waals surface area contributed by atoms with E-state index in [0.717, 1.165) is 17.8 Å². The van der Waals surface area contributed by atoms with E-state index in [1.165, 1.54) is 25.3 Å². The van der Waals surface area contributed by atoms with E-state index in [0.29, 0.717) is 28.1 Å². The van der Waals surface area contributed by atoms with Crippen molar-refractivity contribution in [3.05, 3.63) is 107 Å². The first-order chi connectivity index (χ1) is 17.1. The van der Waals surface area contributed by atoms with Gasteiger partial charge in [0.1, 0.15) is 18.2 Å². The summed E-state index contributed by atoms with van der Waals surface area (Å²) in [5.74, 6) is -0.679. The minimum Gasteiger partial charge on any atom is -0.488 e.